The van der Waals surface area contributed by atoms with Crippen LogP contribution in [-0.4, -0.2) is 42.4 Å². The Labute approximate surface area is 235 Å². The number of nitrogens with two attached hydrogens (primary N) is 1. The average Bonchev–Trinajstić information content (AvgIpc) is 2.91. The fraction of sp³-hybridized carbons (Fsp3) is 0.400. The van der Waals surface area contributed by atoms with Crippen molar-refractivity contribution in [1.82, 2.24) is 16.0 Å². The van der Waals surface area contributed by atoms with Gasteiger partial charge in [0.05, 0.1) is 11.8 Å². The second kappa shape index (κ2) is 16.6. The number of primary amides is 1. The number of hydrogen-bond donors (Lipinski definition) is 4. The molecule has 2 aromatic carbocycles. The van der Waals surface area contributed by atoms with Gasteiger partial charge in [-0.2, -0.15) is 0 Å². The van der Waals surface area contributed by atoms with Crippen LogP contribution in [0.3, 0.4) is 0 Å². The van der Waals surface area contributed by atoms with E-state index in [1.807, 2.05) is 54.6 Å². The van der Waals surface area contributed by atoms with E-state index >= 15 is 0 Å². The minimum atomic E-state index is -0.921. The number of hydrogen-bond acceptors (Lipinski definition) is 6. The molecule has 0 saturated carbocycles. The summed E-state index contributed by atoms with van der Waals surface area (Å²) in [5.74, 6) is -0.361. The SMILES string of the molecule is C=C(C)OCc1ccc(CC(=O)[C@H](CCCNC(N)=O)NC(=O)C(NC(=O)OCc2ccccc2)C(C)C)cc1. The normalized spacial score (nSPS) is 12.1. The maximum absolute atomic E-state index is 13.3. The molecule has 0 aliphatic rings. The first-order valence-electron chi connectivity index (χ1n) is 13.2. The monoisotopic (exact) mass is 552 g/mol. The predicted molar refractivity (Wildman–Crippen MR) is 152 cm³/mol. The number of benzene rings is 2. The number of carbonyl (C=O) groups is 4. The molecular formula is C30H40N4O6. The van der Waals surface area contributed by atoms with E-state index in [0.29, 0.717) is 18.8 Å². The van der Waals surface area contributed by atoms with Gasteiger partial charge in [0.15, 0.2) is 5.78 Å². The van der Waals surface area contributed by atoms with E-state index in [2.05, 4.69) is 22.5 Å². The van der Waals surface area contributed by atoms with Crippen LogP contribution in [0.2, 0.25) is 0 Å². The van der Waals surface area contributed by atoms with E-state index in [9.17, 15) is 19.2 Å². The van der Waals surface area contributed by atoms with Crippen molar-refractivity contribution in [3.05, 3.63) is 83.6 Å². The number of urea groups is 1. The van der Waals surface area contributed by atoms with Crippen molar-refractivity contribution in [2.45, 2.75) is 65.3 Å². The Balaban J connectivity index is 2.04. The molecule has 0 aliphatic heterocycles. The Hall–Kier alpha value is -4.34. The summed E-state index contributed by atoms with van der Waals surface area (Å²) in [7, 11) is 0. The van der Waals surface area contributed by atoms with Crippen LogP contribution in [0.25, 0.3) is 0 Å². The van der Waals surface area contributed by atoms with Gasteiger partial charge in [0.25, 0.3) is 0 Å². The molecule has 10 heteroatoms. The summed E-state index contributed by atoms with van der Waals surface area (Å²) in [5, 5.41) is 7.90. The molecule has 0 saturated heterocycles. The van der Waals surface area contributed by atoms with Gasteiger partial charge in [0.2, 0.25) is 5.91 Å². The molecule has 40 heavy (non-hydrogen) atoms. The lowest BCUT2D eigenvalue weighted by Crippen LogP contribution is -2.54. The number of nitrogens with one attached hydrogen (secondary N) is 3. The van der Waals surface area contributed by atoms with Crippen molar-refractivity contribution in [3.63, 3.8) is 0 Å². The van der Waals surface area contributed by atoms with Gasteiger partial charge in [0, 0.05) is 13.0 Å². The van der Waals surface area contributed by atoms with Gasteiger partial charge in [-0.3, -0.25) is 9.59 Å². The minimum Gasteiger partial charge on any atom is -0.494 e. The first kappa shape index (κ1) is 31.9. The Morgan fingerprint density at radius 3 is 2.08 bits per heavy atom. The number of Topliss-reactive ketones (excluding diaryl/α,β-unsaturated/α-hetero) is 1. The highest BCUT2D eigenvalue weighted by molar-refractivity contribution is 5.93. The summed E-state index contributed by atoms with van der Waals surface area (Å²) < 4.78 is 10.7. The van der Waals surface area contributed by atoms with Gasteiger partial charge in [0.1, 0.15) is 19.3 Å². The Morgan fingerprint density at radius 2 is 1.48 bits per heavy atom. The number of carbonyl (C=O) groups excluding carboxylic acids is 4. The van der Waals surface area contributed by atoms with Crippen LogP contribution in [0.4, 0.5) is 9.59 Å². The third-order valence-corrected chi connectivity index (χ3v) is 6.00. The lowest BCUT2D eigenvalue weighted by atomic mass is 9.97. The third-order valence-electron chi connectivity index (χ3n) is 6.00. The van der Waals surface area contributed by atoms with Crippen LogP contribution in [0.15, 0.2) is 66.9 Å². The van der Waals surface area contributed by atoms with Crippen molar-refractivity contribution in [1.29, 1.82) is 0 Å². The lowest BCUT2D eigenvalue weighted by Gasteiger charge is -2.25. The smallest absolute Gasteiger partial charge is 0.408 e. The standard InChI is InChI=1S/C30H40N4O6/c1-20(2)27(34-30(38)40-19-23-9-6-5-7-10-23)28(36)33-25(11-8-16-32-29(31)37)26(35)17-22-12-14-24(15-13-22)18-39-21(3)4/h5-7,9-10,12-15,20,25,27H,3,8,11,16-19H2,1-2,4H3,(H,33,36)(H,34,38)(H3,31,32,37)/t25-,27?/m0/s1. The van der Waals surface area contributed by atoms with Gasteiger partial charge in [-0.25, -0.2) is 9.59 Å². The van der Waals surface area contributed by atoms with E-state index in [0.717, 1.165) is 16.7 Å². The van der Waals surface area contributed by atoms with Crippen LogP contribution in [0.1, 0.15) is 50.3 Å². The zero-order valence-electron chi connectivity index (χ0n) is 23.4. The largest absolute Gasteiger partial charge is 0.494 e. The summed E-state index contributed by atoms with van der Waals surface area (Å²) in [4.78, 5) is 50.0. The quantitative estimate of drug-likeness (QED) is 0.184. The fourth-order valence-corrected chi connectivity index (χ4v) is 3.80. The van der Waals surface area contributed by atoms with E-state index in [4.69, 9.17) is 15.2 Å². The summed E-state index contributed by atoms with van der Waals surface area (Å²) in [6.45, 7) is 9.75. The molecule has 216 valence electrons. The van der Waals surface area contributed by atoms with Gasteiger partial charge in [-0.15, -0.1) is 0 Å². The van der Waals surface area contributed by atoms with Crippen molar-refractivity contribution in [2.75, 3.05) is 6.54 Å². The van der Waals surface area contributed by atoms with E-state index in [1.54, 1.807) is 20.8 Å². The molecule has 0 spiro atoms. The molecule has 1 unspecified atom stereocenters. The molecule has 0 aromatic heterocycles. The van der Waals surface area contributed by atoms with Crippen molar-refractivity contribution >= 4 is 23.8 Å². The summed E-state index contributed by atoms with van der Waals surface area (Å²) in [6, 6.07) is 14.2. The van der Waals surface area contributed by atoms with Gasteiger partial charge >= 0.3 is 12.1 Å². The van der Waals surface area contributed by atoms with Crippen LogP contribution in [0, 0.1) is 5.92 Å². The lowest BCUT2D eigenvalue weighted by molar-refractivity contribution is -0.129. The number of ketones is 1. The molecule has 2 atom stereocenters. The predicted octanol–water partition coefficient (Wildman–Crippen LogP) is 3.73. The minimum absolute atomic E-state index is 0.0607. The summed E-state index contributed by atoms with van der Waals surface area (Å²) >= 11 is 0. The number of ether oxygens (including phenoxy) is 2. The van der Waals surface area contributed by atoms with Crippen LogP contribution < -0.4 is 21.7 Å². The van der Waals surface area contributed by atoms with Crippen molar-refractivity contribution < 1.29 is 28.7 Å². The molecule has 0 radical (unpaired) electrons. The highest BCUT2D eigenvalue weighted by atomic mass is 16.5. The topological polar surface area (TPSA) is 149 Å². The molecule has 2 rings (SSSR count). The van der Waals surface area contributed by atoms with E-state index in [-0.39, 0.29) is 37.7 Å². The van der Waals surface area contributed by atoms with E-state index in [1.165, 1.54) is 0 Å². The Morgan fingerprint density at radius 1 is 0.875 bits per heavy atom. The Kier molecular flexibility index (Phi) is 13.2. The van der Waals surface area contributed by atoms with Crippen molar-refractivity contribution in [3.8, 4) is 0 Å². The molecule has 10 nitrogen and oxygen atoms in total. The zero-order valence-corrected chi connectivity index (χ0v) is 23.4. The molecule has 0 fully saturated rings. The second-order valence-electron chi connectivity index (χ2n) is 9.87. The first-order chi connectivity index (χ1) is 19.0. The fourth-order valence-electron chi connectivity index (χ4n) is 3.80. The zero-order chi connectivity index (χ0) is 29.5. The van der Waals surface area contributed by atoms with E-state index < -0.39 is 30.1 Å². The van der Waals surface area contributed by atoms with Gasteiger partial charge in [-0.05, 0) is 42.4 Å². The molecule has 4 amide bonds. The van der Waals surface area contributed by atoms with Crippen LogP contribution >= 0.6 is 0 Å². The maximum Gasteiger partial charge on any atom is 0.408 e. The van der Waals surface area contributed by atoms with Crippen LogP contribution in [0.5, 0.6) is 0 Å². The molecular weight excluding hydrogens is 512 g/mol. The van der Waals surface area contributed by atoms with Crippen molar-refractivity contribution in [2.24, 2.45) is 11.7 Å². The molecule has 2 aromatic rings. The maximum atomic E-state index is 13.3. The van der Waals surface area contributed by atoms with Gasteiger partial charge < -0.3 is 31.2 Å². The molecule has 0 aliphatic carbocycles. The highest BCUT2D eigenvalue weighted by Gasteiger charge is 2.29. The highest BCUT2D eigenvalue weighted by Crippen LogP contribution is 2.12. The number of allylic oxidation sites excluding steroid dienone is 1. The number of alkyl carbamates (subject to hydrolysis) is 1. The number of rotatable bonds is 16. The second-order valence-corrected chi connectivity index (χ2v) is 9.87. The Bertz CT molecular complexity index is 1130. The summed E-state index contributed by atoms with van der Waals surface area (Å²) in [5.41, 5.74) is 7.66. The first-order valence-corrected chi connectivity index (χ1v) is 13.2. The van der Waals surface area contributed by atoms with Gasteiger partial charge in [-0.1, -0.05) is 75.0 Å². The molecule has 0 bridgehead atoms. The van der Waals surface area contributed by atoms with Crippen LogP contribution in [-0.2, 0) is 38.7 Å². The number of amides is 4. The molecule has 0 heterocycles. The molecule has 5 N–H and O–H groups in total. The average molecular weight is 553 g/mol. The third kappa shape index (κ3) is 12.0. The summed E-state index contributed by atoms with van der Waals surface area (Å²) in [6.07, 6.45) is 0.0465.